The third kappa shape index (κ3) is 17.4. The lowest BCUT2D eigenvalue weighted by Crippen LogP contribution is -2.41. The van der Waals surface area contributed by atoms with Crippen LogP contribution in [0, 0.1) is 10.8 Å². The molecule has 0 aromatic rings. The van der Waals surface area contributed by atoms with E-state index in [-0.39, 0.29) is 0 Å². The minimum Gasteiger partial charge on any atom is -0.478 e. The van der Waals surface area contributed by atoms with E-state index >= 15 is 0 Å². The van der Waals surface area contributed by atoms with Gasteiger partial charge in [0, 0.05) is 23.0 Å². The Labute approximate surface area is 181 Å². The topological polar surface area (TPSA) is 156 Å². The average molecular weight is 437 g/mol. The average Bonchev–Trinajstić information content (AvgIpc) is 2.55. The summed E-state index contributed by atoms with van der Waals surface area (Å²) < 4.78 is 0. The molecule has 0 radical (unpaired) electrons. The Bertz CT molecular complexity index is 462. The van der Waals surface area contributed by atoms with Crippen molar-refractivity contribution in [2.24, 2.45) is 10.8 Å². The van der Waals surface area contributed by atoms with Gasteiger partial charge in [0.15, 0.2) is 11.6 Å². The quantitative estimate of drug-likeness (QED) is 0.224. The van der Waals surface area contributed by atoms with Crippen molar-refractivity contribution in [3.8, 4) is 0 Å². The predicted octanol–water partition coefficient (Wildman–Crippen LogP) is 3.52. The molecule has 30 heavy (non-hydrogen) atoms. The third-order valence-corrected chi connectivity index (χ3v) is 5.24. The number of aliphatic carboxylic acids is 2. The van der Waals surface area contributed by atoms with Crippen molar-refractivity contribution in [1.82, 2.24) is 0 Å². The Kier molecular flexibility index (Phi) is 16.0. The van der Waals surface area contributed by atoms with Gasteiger partial charge in [0.1, 0.15) is 0 Å². The number of aliphatic hydroxyl groups is 4. The fraction of sp³-hybridized carbons (Fsp3) is 0.818. The van der Waals surface area contributed by atoms with Gasteiger partial charge in [0.2, 0.25) is 0 Å². The van der Waals surface area contributed by atoms with Crippen LogP contribution in [0.25, 0.3) is 0 Å². The van der Waals surface area contributed by atoms with E-state index in [2.05, 4.69) is 13.8 Å². The van der Waals surface area contributed by atoms with Crippen LogP contribution in [0.4, 0.5) is 0 Å². The van der Waals surface area contributed by atoms with E-state index in [1.807, 2.05) is 27.7 Å². The number of carboxylic acid groups (broad SMARTS) is 2. The third-order valence-electron chi connectivity index (χ3n) is 5.24. The molecule has 0 amide bonds. The zero-order valence-corrected chi connectivity index (χ0v) is 19.9. The van der Waals surface area contributed by atoms with E-state index in [9.17, 15) is 30.0 Å². The maximum Gasteiger partial charge on any atom is 0.328 e. The minimum atomic E-state index is -1.55. The molecule has 0 saturated heterocycles. The number of hydrogen-bond donors (Lipinski definition) is 6. The van der Waals surface area contributed by atoms with Gasteiger partial charge in [-0.3, -0.25) is 0 Å². The van der Waals surface area contributed by atoms with Gasteiger partial charge < -0.3 is 30.6 Å². The van der Waals surface area contributed by atoms with Gasteiger partial charge >= 0.3 is 11.9 Å². The molecule has 0 saturated carbocycles. The van der Waals surface area contributed by atoms with Crippen LogP contribution in [0.3, 0.4) is 0 Å². The Morgan fingerprint density at radius 1 is 0.633 bits per heavy atom. The van der Waals surface area contributed by atoms with Gasteiger partial charge in [-0.1, -0.05) is 67.2 Å². The molecule has 0 atom stereocenters. The first-order valence-corrected chi connectivity index (χ1v) is 10.3. The van der Waals surface area contributed by atoms with Crippen LogP contribution in [0.2, 0.25) is 0 Å². The predicted molar refractivity (Wildman–Crippen MR) is 117 cm³/mol. The highest BCUT2D eigenvalue weighted by Gasteiger charge is 2.37. The molecule has 6 N–H and O–H groups in total. The lowest BCUT2D eigenvalue weighted by molar-refractivity contribution is -0.221. The van der Waals surface area contributed by atoms with E-state index in [4.69, 9.17) is 10.2 Å². The molecule has 0 aromatic heterocycles. The van der Waals surface area contributed by atoms with Crippen molar-refractivity contribution in [2.75, 3.05) is 0 Å². The summed E-state index contributed by atoms with van der Waals surface area (Å²) in [5.41, 5.74) is -0.800. The highest BCUT2D eigenvalue weighted by Crippen LogP contribution is 2.34. The fourth-order valence-corrected chi connectivity index (χ4v) is 1.85. The second-order valence-corrected chi connectivity index (χ2v) is 9.03. The molecule has 8 nitrogen and oxygen atoms in total. The second-order valence-electron chi connectivity index (χ2n) is 9.03. The Hall–Kier alpha value is -1.48. The van der Waals surface area contributed by atoms with Crippen LogP contribution in [0.5, 0.6) is 0 Å². The van der Waals surface area contributed by atoms with Crippen molar-refractivity contribution in [3.05, 3.63) is 12.2 Å². The van der Waals surface area contributed by atoms with Crippen LogP contribution >= 0.6 is 0 Å². The first-order chi connectivity index (χ1) is 13.2. The molecule has 8 heteroatoms. The molecule has 0 fully saturated rings. The van der Waals surface area contributed by atoms with Crippen LogP contribution in [0.1, 0.15) is 93.9 Å². The highest BCUT2D eigenvalue weighted by molar-refractivity contribution is 5.89. The molecule has 0 unspecified atom stereocenters. The van der Waals surface area contributed by atoms with Gasteiger partial charge in [-0.2, -0.15) is 0 Å². The van der Waals surface area contributed by atoms with Gasteiger partial charge in [-0.25, -0.2) is 9.59 Å². The van der Waals surface area contributed by atoms with E-state index in [1.54, 1.807) is 0 Å². The molecular formula is C22H44O8. The van der Waals surface area contributed by atoms with Crippen molar-refractivity contribution in [1.29, 1.82) is 0 Å². The number of rotatable bonds is 10. The summed E-state index contributed by atoms with van der Waals surface area (Å²) in [4.78, 5) is 19.1. The maximum absolute atomic E-state index is 9.55. The largest absolute Gasteiger partial charge is 0.478 e. The molecule has 0 bridgehead atoms. The van der Waals surface area contributed by atoms with Crippen molar-refractivity contribution in [2.45, 2.75) is 105 Å². The molecule has 180 valence electrons. The van der Waals surface area contributed by atoms with Gasteiger partial charge in [0.05, 0.1) is 0 Å². The molecule has 0 aliphatic heterocycles. The normalized spacial score (nSPS) is 12.5. The molecule has 0 spiro atoms. The van der Waals surface area contributed by atoms with E-state index in [0.29, 0.717) is 12.2 Å². The SMILES string of the molecule is CCCCC(C)(C)C(C)(O)O.CCCCC(C)(C)C(C)(O)O.O=C(O)/C=C/C(=O)O. The number of unbranched alkanes of at least 4 members (excludes halogenated alkanes) is 2. The lowest BCUT2D eigenvalue weighted by Gasteiger charge is -2.35. The van der Waals surface area contributed by atoms with Crippen LogP contribution in [-0.4, -0.2) is 54.2 Å². The highest BCUT2D eigenvalue weighted by atomic mass is 16.5. The summed E-state index contributed by atoms with van der Waals surface area (Å²) in [5, 5.41) is 52.9. The summed E-state index contributed by atoms with van der Waals surface area (Å²) in [5.74, 6) is -5.62. The van der Waals surface area contributed by atoms with Crippen LogP contribution in [-0.2, 0) is 9.59 Å². The Balaban J connectivity index is -0.000000370. The molecule has 0 aromatic carbocycles. The lowest BCUT2D eigenvalue weighted by atomic mass is 9.80. The number of hydrogen-bond acceptors (Lipinski definition) is 6. The summed E-state index contributed by atoms with van der Waals surface area (Å²) >= 11 is 0. The number of carbonyl (C=O) groups is 2. The van der Waals surface area contributed by atoms with Crippen molar-refractivity contribution < 1.29 is 40.2 Å². The summed E-state index contributed by atoms with van der Waals surface area (Å²) in [6.07, 6.45) is 7.11. The molecular weight excluding hydrogens is 392 g/mol. The first kappa shape index (κ1) is 33.2. The summed E-state index contributed by atoms with van der Waals surface area (Å²) in [6, 6.07) is 0. The minimum absolute atomic E-state index is 0.400. The maximum atomic E-state index is 9.55. The van der Waals surface area contributed by atoms with Gasteiger partial charge in [-0.15, -0.1) is 0 Å². The summed E-state index contributed by atoms with van der Waals surface area (Å²) in [7, 11) is 0. The standard InChI is InChI=1S/2C9H20O2.C4H4O4/c2*1-5-6-7-8(2,3)9(4,10)11;5-3(6)1-2-4(7)8/h2*10-11H,5-7H2,1-4H3;1-2H,(H,5,6)(H,7,8)/b;;2-1+. The monoisotopic (exact) mass is 436 g/mol. The second kappa shape index (κ2) is 14.5. The van der Waals surface area contributed by atoms with E-state index < -0.39 is 34.3 Å². The zero-order chi connectivity index (χ0) is 24.8. The zero-order valence-electron chi connectivity index (χ0n) is 19.9. The number of carboxylic acids is 2. The molecule has 0 aliphatic carbocycles. The smallest absolute Gasteiger partial charge is 0.328 e. The van der Waals surface area contributed by atoms with Crippen molar-refractivity contribution in [3.63, 3.8) is 0 Å². The van der Waals surface area contributed by atoms with Gasteiger partial charge in [0.25, 0.3) is 0 Å². The molecule has 0 rings (SSSR count). The molecule has 0 heterocycles. The Morgan fingerprint density at radius 3 is 1.00 bits per heavy atom. The molecule has 0 aliphatic rings. The van der Waals surface area contributed by atoms with E-state index in [1.165, 1.54) is 13.8 Å². The van der Waals surface area contributed by atoms with E-state index in [0.717, 1.165) is 38.5 Å². The van der Waals surface area contributed by atoms with Crippen LogP contribution in [0.15, 0.2) is 12.2 Å². The first-order valence-electron chi connectivity index (χ1n) is 10.3. The fourth-order valence-electron chi connectivity index (χ4n) is 1.85. The summed E-state index contributed by atoms with van der Waals surface area (Å²) in [6.45, 7) is 14.6. The van der Waals surface area contributed by atoms with Crippen molar-refractivity contribution >= 4 is 11.9 Å². The van der Waals surface area contributed by atoms with Gasteiger partial charge in [-0.05, 0) is 26.7 Å². The van der Waals surface area contributed by atoms with Crippen LogP contribution < -0.4 is 0 Å². The Morgan fingerprint density at radius 2 is 0.867 bits per heavy atom.